The molecule has 1 fully saturated rings. The average Bonchev–Trinajstić information content (AvgIpc) is 2.77. The van der Waals surface area contributed by atoms with Gasteiger partial charge in [-0.1, -0.05) is 0 Å². The first-order valence-corrected chi connectivity index (χ1v) is 7.06. The molecule has 1 aromatic rings. The molecule has 1 heterocycles. The molecule has 0 aliphatic carbocycles. The molecule has 0 amide bonds. The van der Waals surface area contributed by atoms with Crippen molar-refractivity contribution in [2.75, 3.05) is 33.7 Å². The van der Waals surface area contributed by atoms with Crippen LogP contribution in [0.1, 0.15) is 24.4 Å². The Balaban J connectivity index is 1.93. The molecule has 2 rings (SSSR count). The van der Waals surface area contributed by atoms with E-state index < -0.39 is 17.7 Å². The zero-order valence-electron chi connectivity index (χ0n) is 12.1. The van der Waals surface area contributed by atoms with Crippen LogP contribution in [0.3, 0.4) is 0 Å². The second-order valence-corrected chi connectivity index (χ2v) is 5.77. The second kappa shape index (κ2) is 6.61. The lowest BCUT2D eigenvalue weighted by atomic mass is 10.1. The molecule has 2 N–H and O–H groups in total. The first kappa shape index (κ1) is 15.4. The second-order valence-electron chi connectivity index (χ2n) is 5.77. The predicted octanol–water partition coefficient (Wildman–Crippen LogP) is 1.99. The summed E-state index contributed by atoms with van der Waals surface area (Å²) in [6.45, 7) is 2.55. The van der Waals surface area contributed by atoms with Gasteiger partial charge >= 0.3 is 0 Å². The summed E-state index contributed by atoms with van der Waals surface area (Å²) >= 11 is 0. The highest BCUT2D eigenvalue weighted by Crippen LogP contribution is 2.19. The van der Waals surface area contributed by atoms with Crippen LogP contribution in [0, 0.1) is 11.6 Å². The Kier molecular flexibility index (Phi) is 5.07. The van der Waals surface area contributed by atoms with Gasteiger partial charge in [0, 0.05) is 30.7 Å². The van der Waals surface area contributed by atoms with Crippen LogP contribution in [-0.4, -0.2) is 49.6 Å². The predicted molar refractivity (Wildman–Crippen MR) is 76.4 cm³/mol. The Morgan fingerprint density at radius 1 is 1.45 bits per heavy atom. The lowest BCUT2D eigenvalue weighted by molar-refractivity contribution is 0.212. The fourth-order valence-electron chi connectivity index (χ4n) is 2.88. The van der Waals surface area contributed by atoms with E-state index in [9.17, 15) is 8.78 Å². The van der Waals surface area contributed by atoms with Crippen LogP contribution in [0.25, 0.3) is 0 Å². The maximum absolute atomic E-state index is 13.7. The molecule has 5 heteroatoms. The van der Waals surface area contributed by atoms with Gasteiger partial charge in [0.15, 0.2) is 0 Å². The summed E-state index contributed by atoms with van der Waals surface area (Å²) < 4.78 is 26.8. The Morgan fingerprint density at radius 3 is 2.85 bits per heavy atom. The number of likely N-dealkylation sites (N-methyl/N-ethyl adjacent to an activating group) is 2. The summed E-state index contributed by atoms with van der Waals surface area (Å²) in [6.07, 6.45) is 2.41. The highest BCUT2D eigenvalue weighted by atomic mass is 19.1. The van der Waals surface area contributed by atoms with E-state index in [1.54, 1.807) is 0 Å². The van der Waals surface area contributed by atoms with Crippen LogP contribution >= 0.6 is 0 Å². The fraction of sp³-hybridized carbons (Fsp3) is 0.600. The van der Waals surface area contributed by atoms with Crippen molar-refractivity contribution in [2.45, 2.75) is 24.9 Å². The van der Waals surface area contributed by atoms with Crippen molar-refractivity contribution in [3.63, 3.8) is 0 Å². The van der Waals surface area contributed by atoms with Gasteiger partial charge in [-0.25, -0.2) is 8.78 Å². The largest absolute Gasteiger partial charge is 0.323 e. The molecule has 1 aliphatic rings. The summed E-state index contributed by atoms with van der Waals surface area (Å²) in [6, 6.07) is 3.46. The molecule has 20 heavy (non-hydrogen) atoms. The zero-order chi connectivity index (χ0) is 14.7. The molecule has 0 aromatic heterocycles. The number of nitrogens with zero attached hydrogens (tertiary/aromatic N) is 2. The first-order valence-electron chi connectivity index (χ1n) is 7.06. The van der Waals surface area contributed by atoms with Gasteiger partial charge in [-0.3, -0.25) is 0 Å². The summed E-state index contributed by atoms with van der Waals surface area (Å²) in [5.74, 6) is -0.889. The smallest absolute Gasteiger partial charge is 0.128 e. The molecule has 0 spiro atoms. The minimum absolute atomic E-state index is 0.247. The molecule has 2 atom stereocenters. The lowest BCUT2D eigenvalue weighted by Crippen LogP contribution is -2.39. The van der Waals surface area contributed by atoms with Gasteiger partial charge in [-0.2, -0.15) is 0 Å². The van der Waals surface area contributed by atoms with Crippen molar-refractivity contribution in [1.29, 1.82) is 0 Å². The van der Waals surface area contributed by atoms with Crippen LogP contribution in [0.15, 0.2) is 18.2 Å². The number of hydrogen-bond donors (Lipinski definition) is 1. The molecule has 2 unspecified atom stereocenters. The minimum Gasteiger partial charge on any atom is -0.323 e. The summed E-state index contributed by atoms with van der Waals surface area (Å²) in [4.78, 5) is 4.44. The Morgan fingerprint density at radius 2 is 2.20 bits per heavy atom. The standard InChI is InChI=1S/C15H23F2N3/c1-19(9-12-4-3-7-20(12)2)10-15(18)13-8-11(16)5-6-14(13)17/h5-6,8,12,15H,3-4,7,9-10,18H2,1-2H3. The Hall–Kier alpha value is -1.04. The molecule has 0 radical (unpaired) electrons. The van der Waals surface area contributed by atoms with Crippen molar-refractivity contribution in [2.24, 2.45) is 5.73 Å². The molecular formula is C15H23F2N3. The highest BCUT2D eigenvalue weighted by molar-refractivity contribution is 5.22. The van der Waals surface area contributed by atoms with Gasteiger partial charge in [0.25, 0.3) is 0 Å². The topological polar surface area (TPSA) is 32.5 Å². The molecule has 112 valence electrons. The lowest BCUT2D eigenvalue weighted by Gasteiger charge is -2.27. The number of nitrogens with two attached hydrogens (primary N) is 1. The van der Waals surface area contributed by atoms with Gasteiger partial charge in [0.2, 0.25) is 0 Å². The third kappa shape index (κ3) is 3.75. The molecular weight excluding hydrogens is 260 g/mol. The molecule has 0 bridgehead atoms. The summed E-state index contributed by atoms with van der Waals surface area (Å²) in [5.41, 5.74) is 6.26. The van der Waals surface area contributed by atoms with E-state index in [0.29, 0.717) is 12.6 Å². The maximum Gasteiger partial charge on any atom is 0.128 e. The van der Waals surface area contributed by atoms with Crippen LogP contribution in [0.4, 0.5) is 8.78 Å². The third-order valence-electron chi connectivity index (χ3n) is 4.06. The van der Waals surface area contributed by atoms with E-state index in [1.807, 2.05) is 7.05 Å². The van der Waals surface area contributed by atoms with Gasteiger partial charge in [0.05, 0.1) is 0 Å². The van der Waals surface area contributed by atoms with Crippen molar-refractivity contribution >= 4 is 0 Å². The van der Waals surface area contributed by atoms with Gasteiger partial charge in [0.1, 0.15) is 11.6 Å². The van der Waals surface area contributed by atoms with E-state index in [4.69, 9.17) is 5.73 Å². The highest BCUT2D eigenvalue weighted by Gasteiger charge is 2.23. The summed E-state index contributed by atoms with van der Waals surface area (Å²) in [5, 5.41) is 0. The molecule has 0 saturated carbocycles. The van der Waals surface area contributed by atoms with Crippen LogP contribution in [0.2, 0.25) is 0 Å². The van der Waals surface area contributed by atoms with Crippen LogP contribution in [0.5, 0.6) is 0 Å². The molecule has 1 aromatic carbocycles. The summed E-state index contributed by atoms with van der Waals surface area (Å²) in [7, 11) is 4.10. The average molecular weight is 283 g/mol. The maximum atomic E-state index is 13.7. The van der Waals surface area contributed by atoms with Crippen molar-refractivity contribution in [1.82, 2.24) is 9.80 Å². The number of hydrogen-bond acceptors (Lipinski definition) is 3. The van der Waals surface area contributed by atoms with Crippen LogP contribution < -0.4 is 5.73 Å². The molecule has 1 aliphatic heterocycles. The van der Waals surface area contributed by atoms with E-state index in [1.165, 1.54) is 18.9 Å². The quantitative estimate of drug-likeness (QED) is 0.897. The van der Waals surface area contributed by atoms with Gasteiger partial charge in [-0.05, 0) is 51.7 Å². The van der Waals surface area contributed by atoms with E-state index in [2.05, 4.69) is 16.8 Å². The Bertz CT molecular complexity index is 453. The van der Waals surface area contributed by atoms with E-state index in [-0.39, 0.29) is 5.56 Å². The Labute approximate surface area is 119 Å². The third-order valence-corrected chi connectivity index (χ3v) is 4.06. The SMILES string of the molecule is CN(CC(N)c1cc(F)ccc1F)CC1CCCN1C. The zero-order valence-corrected chi connectivity index (χ0v) is 12.1. The number of halogens is 2. The van der Waals surface area contributed by atoms with E-state index >= 15 is 0 Å². The normalized spacial score (nSPS) is 21.6. The van der Waals surface area contributed by atoms with Gasteiger partial charge in [-0.15, -0.1) is 0 Å². The van der Waals surface area contributed by atoms with Crippen LogP contribution in [-0.2, 0) is 0 Å². The number of likely N-dealkylation sites (tertiary alicyclic amines) is 1. The van der Waals surface area contributed by atoms with Crippen molar-refractivity contribution in [3.8, 4) is 0 Å². The minimum atomic E-state index is -0.512. The molecule has 3 nitrogen and oxygen atoms in total. The first-order chi connectivity index (χ1) is 9.47. The number of rotatable bonds is 5. The van der Waals surface area contributed by atoms with Crippen molar-refractivity contribution in [3.05, 3.63) is 35.4 Å². The fourth-order valence-corrected chi connectivity index (χ4v) is 2.88. The van der Waals surface area contributed by atoms with Gasteiger partial charge < -0.3 is 15.5 Å². The van der Waals surface area contributed by atoms with Crippen molar-refractivity contribution < 1.29 is 8.78 Å². The monoisotopic (exact) mass is 283 g/mol. The number of benzene rings is 1. The molecule has 1 saturated heterocycles. The van der Waals surface area contributed by atoms with E-state index in [0.717, 1.165) is 25.2 Å².